The molecule has 0 bridgehead atoms. The number of nitrogens with one attached hydrogen (secondary N) is 1. The fourth-order valence-corrected chi connectivity index (χ4v) is 3.80. The van der Waals surface area contributed by atoms with Crippen molar-refractivity contribution in [2.45, 2.75) is 51.5 Å². The summed E-state index contributed by atoms with van der Waals surface area (Å²) in [4.78, 5) is 0. The van der Waals surface area contributed by atoms with Gasteiger partial charge in [0.1, 0.15) is 0 Å². The highest BCUT2D eigenvalue weighted by atomic mass is 79.9. The SMILES string of the molecule is CCC1CCCC(C(Cc2cccc(Br)c2)NN)C1. The number of nitrogens with two attached hydrogens (primary N) is 1. The minimum atomic E-state index is 0.406. The van der Waals surface area contributed by atoms with Crippen LogP contribution in [0.4, 0.5) is 0 Å². The summed E-state index contributed by atoms with van der Waals surface area (Å²) < 4.78 is 1.15. The van der Waals surface area contributed by atoms with Gasteiger partial charge in [0.15, 0.2) is 0 Å². The van der Waals surface area contributed by atoms with Gasteiger partial charge in [-0.15, -0.1) is 0 Å². The van der Waals surface area contributed by atoms with Gasteiger partial charge in [-0.2, -0.15) is 0 Å². The molecule has 19 heavy (non-hydrogen) atoms. The number of hydrazine groups is 1. The number of hydrogen-bond donors (Lipinski definition) is 2. The van der Waals surface area contributed by atoms with Gasteiger partial charge in [-0.3, -0.25) is 11.3 Å². The molecule has 1 aromatic carbocycles. The molecule has 106 valence electrons. The first-order chi connectivity index (χ1) is 9.22. The van der Waals surface area contributed by atoms with Crippen LogP contribution in [-0.4, -0.2) is 6.04 Å². The molecule has 0 radical (unpaired) electrons. The first-order valence-electron chi connectivity index (χ1n) is 7.43. The van der Waals surface area contributed by atoms with Gasteiger partial charge in [-0.1, -0.05) is 54.2 Å². The standard InChI is InChI=1S/C16H25BrN2/c1-2-12-5-3-7-14(9-12)16(19-18)11-13-6-4-8-15(17)10-13/h4,6,8,10,12,14,16,19H,2-3,5,7,9,11,18H2,1H3. The molecule has 1 aromatic rings. The maximum Gasteiger partial charge on any atom is 0.0279 e. The molecule has 0 aromatic heterocycles. The van der Waals surface area contributed by atoms with Gasteiger partial charge >= 0.3 is 0 Å². The Bertz CT molecular complexity index is 394. The molecule has 3 heteroatoms. The van der Waals surface area contributed by atoms with E-state index in [0.29, 0.717) is 6.04 Å². The lowest BCUT2D eigenvalue weighted by Gasteiger charge is -2.34. The zero-order chi connectivity index (χ0) is 13.7. The van der Waals surface area contributed by atoms with Crippen LogP contribution in [0.15, 0.2) is 28.7 Å². The van der Waals surface area contributed by atoms with E-state index >= 15 is 0 Å². The van der Waals surface area contributed by atoms with Crippen molar-refractivity contribution >= 4 is 15.9 Å². The second-order valence-electron chi connectivity index (χ2n) is 5.81. The second kappa shape index (κ2) is 7.41. The van der Waals surface area contributed by atoms with E-state index < -0.39 is 0 Å². The molecule has 1 saturated carbocycles. The molecular weight excluding hydrogens is 300 g/mol. The van der Waals surface area contributed by atoms with Crippen LogP contribution in [0.3, 0.4) is 0 Å². The van der Waals surface area contributed by atoms with E-state index in [1.165, 1.54) is 37.7 Å². The molecule has 2 nitrogen and oxygen atoms in total. The summed E-state index contributed by atoms with van der Waals surface area (Å²) in [6.07, 6.45) is 7.75. The maximum atomic E-state index is 5.81. The van der Waals surface area contributed by atoms with Crippen LogP contribution in [0.25, 0.3) is 0 Å². The van der Waals surface area contributed by atoms with Crippen molar-refractivity contribution in [3.05, 3.63) is 34.3 Å². The zero-order valence-electron chi connectivity index (χ0n) is 11.7. The summed E-state index contributed by atoms with van der Waals surface area (Å²) in [6, 6.07) is 8.97. The third-order valence-corrected chi connectivity index (χ3v) is 5.02. The topological polar surface area (TPSA) is 38.0 Å². The molecule has 1 aliphatic rings. The summed E-state index contributed by atoms with van der Waals surface area (Å²) in [7, 11) is 0. The monoisotopic (exact) mass is 324 g/mol. The van der Waals surface area contributed by atoms with Crippen LogP contribution in [0.5, 0.6) is 0 Å². The Morgan fingerprint density at radius 2 is 2.26 bits per heavy atom. The van der Waals surface area contributed by atoms with E-state index in [9.17, 15) is 0 Å². The van der Waals surface area contributed by atoms with Crippen molar-refractivity contribution in [3.8, 4) is 0 Å². The smallest absolute Gasteiger partial charge is 0.0279 e. The van der Waals surface area contributed by atoms with Crippen molar-refractivity contribution in [1.29, 1.82) is 0 Å². The highest BCUT2D eigenvalue weighted by molar-refractivity contribution is 9.10. The number of hydrogen-bond acceptors (Lipinski definition) is 2. The predicted octanol–water partition coefficient (Wildman–Crippen LogP) is 4.04. The molecule has 0 aliphatic heterocycles. The third kappa shape index (κ3) is 4.30. The lowest BCUT2D eigenvalue weighted by Crippen LogP contribution is -2.44. The van der Waals surface area contributed by atoms with E-state index in [1.807, 2.05) is 0 Å². The summed E-state index contributed by atoms with van der Waals surface area (Å²) in [5.74, 6) is 7.44. The highest BCUT2D eigenvalue weighted by Crippen LogP contribution is 2.33. The van der Waals surface area contributed by atoms with E-state index in [-0.39, 0.29) is 0 Å². The van der Waals surface area contributed by atoms with E-state index in [4.69, 9.17) is 5.84 Å². The molecule has 0 amide bonds. The molecule has 0 spiro atoms. The Morgan fingerprint density at radius 1 is 1.42 bits per heavy atom. The molecule has 0 heterocycles. The lowest BCUT2D eigenvalue weighted by atomic mass is 9.75. The van der Waals surface area contributed by atoms with Crippen LogP contribution in [0.2, 0.25) is 0 Å². The van der Waals surface area contributed by atoms with Crippen molar-refractivity contribution < 1.29 is 0 Å². The molecule has 2 rings (SSSR count). The predicted molar refractivity (Wildman–Crippen MR) is 84.7 cm³/mol. The minimum Gasteiger partial charge on any atom is -0.271 e. The molecule has 3 atom stereocenters. The second-order valence-corrected chi connectivity index (χ2v) is 6.72. The Kier molecular flexibility index (Phi) is 5.86. The number of benzene rings is 1. The quantitative estimate of drug-likeness (QED) is 0.633. The van der Waals surface area contributed by atoms with Crippen molar-refractivity contribution in [2.75, 3.05) is 0 Å². The Labute approximate surface area is 125 Å². The van der Waals surface area contributed by atoms with Gasteiger partial charge in [-0.25, -0.2) is 0 Å². The van der Waals surface area contributed by atoms with Gasteiger partial charge in [0.2, 0.25) is 0 Å². The Morgan fingerprint density at radius 3 is 2.95 bits per heavy atom. The number of rotatable bonds is 5. The van der Waals surface area contributed by atoms with Crippen molar-refractivity contribution in [1.82, 2.24) is 5.43 Å². The van der Waals surface area contributed by atoms with Crippen LogP contribution in [0.1, 0.15) is 44.6 Å². The first kappa shape index (κ1) is 15.0. The summed E-state index contributed by atoms with van der Waals surface area (Å²) in [5.41, 5.74) is 4.43. The van der Waals surface area contributed by atoms with Gasteiger partial charge in [-0.05, 0) is 48.8 Å². The Hall–Kier alpha value is -0.380. The lowest BCUT2D eigenvalue weighted by molar-refractivity contribution is 0.208. The van der Waals surface area contributed by atoms with Crippen LogP contribution < -0.4 is 11.3 Å². The van der Waals surface area contributed by atoms with Crippen LogP contribution in [-0.2, 0) is 6.42 Å². The van der Waals surface area contributed by atoms with Crippen LogP contribution in [0, 0.1) is 11.8 Å². The largest absolute Gasteiger partial charge is 0.271 e. The molecule has 1 fully saturated rings. The molecule has 3 N–H and O–H groups in total. The molecule has 0 saturated heterocycles. The van der Waals surface area contributed by atoms with E-state index in [2.05, 4.69) is 52.5 Å². The van der Waals surface area contributed by atoms with Crippen LogP contribution >= 0.6 is 15.9 Å². The summed E-state index contributed by atoms with van der Waals surface area (Å²) >= 11 is 3.54. The van der Waals surface area contributed by atoms with Gasteiger partial charge in [0.25, 0.3) is 0 Å². The molecular formula is C16H25BrN2. The number of halogens is 1. The van der Waals surface area contributed by atoms with Crippen molar-refractivity contribution in [3.63, 3.8) is 0 Å². The highest BCUT2D eigenvalue weighted by Gasteiger charge is 2.27. The third-order valence-electron chi connectivity index (χ3n) is 4.53. The summed E-state index contributed by atoms with van der Waals surface area (Å²) in [6.45, 7) is 2.31. The normalized spacial score (nSPS) is 25.2. The molecule has 3 unspecified atom stereocenters. The van der Waals surface area contributed by atoms with Crippen molar-refractivity contribution in [2.24, 2.45) is 17.7 Å². The maximum absolute atomic E-state index is 5.81. The fraction of sp³-hybridized carbons (Fsp3) is 0.625. The zero-order valence-corrected chi connectivity index (χ0v) is 13.3. The average Bonchev–Trinajstić information content (AvgIpc) is 2.45. The van der Waals surface area contributed by atoms with Gasteiger partial charge in [0, 0.05) is 10.5 Å². The fourth-order valence-electron chi connectivity index (χ4n) is 3.35. The van der Waals surface area contributed by atoms with E-state index in [0.717, 1.165) is 22.7 Å². The average molecular weight is 325 g/mol. The van der Waals surface area contributed by atoms with Gasteiger partial charge < -0.3 is 0 Å². The van der Waals surface area contributed by atoms with E-state index in [1.54, 1.807) is 0 Å². The summed E-state index contributed by atoms with van der Waals surface area (Å²) in [5, 5.41) is 0. The Balaban J connectivity index is 1.99. The first-order valence-corrected chi connectivity index (χ1v) is 8.22. The molecule has 1 aliphatic carbocycles. The minimum absolute atomic E-state index is 0.406. The van der Waals surface area contributed by atoms with Gasteiger partial charge in [0.05, 0.1) is 0 Å².